The Morgan fingerprint density at radius 3 is 3.11 bits per heavy atom. The zero-order valence-electron chi connectivity index (χ0n) is 10.3. The molecule has 0 amide bonds. The lowest BCUT2D eigenvalue weighted by atomic mass is 10.1. The number of aromatic nitrogens is 3. The lowest BCUT2D eigenvalue weighted by Gasteiger charge is -2.19. The van der Waals surface area contributed by atoms with Crippen molar-refractivity contribution >= 4 is 11.3 Å². The third kappa shape index (κ3) is 2.59. The lowest BCUT2D eigenvalue weighted by Crippen LogP contribution is -2.27. The summed E-state index contributed by atoms with van der Waals surface area (Å²) in [5, 5.41) is 10.6. The van der Waals surface area contributed by atoms with E-state index in [9.17, 15) is 0 Å². The molecule has 2 aromatic rings. The van der Waals surface area contributed by atoms with Gasteiger partial charge in [-0.15, -0.1) is 11.3 Å². The van der Waals surface area contributed by atoms with E-state index in [-0.39, 0.29) is 6.04 Å². The van der Waals surface area contributed by atoms with Crippen molar-refractivity contribution in [3.63, 3.8) is 0 Å². The number of aryl methyl sites for hydroxylation is 1. The van der Waals surface area contributed by atoms with Crippen molar-refractivity contribution in [1.29, 1.82) is 0 Å². The molecule has 5 nitrogen and oxygen atoms in total. The summed E-state index contributed by atoms with van der Waals surface area (Å²) in [7, 11) is 0. The highest BCUT2D eigenvalue weighted by atomic mass is 32.1. The summed E-state index contributed by atoms with van der Waals surface area (Å²) in [6, 6.07) is 0.233. The number of hydrogen-bond donors (Lipinski definition) is 1. The molecule has 0 radical (unpaired) electrons. The third-order valence-corrected chi connectivity index (χ3v) is 3.92. The molecule has 0 aromatic carbocycles. The van der Waals surface area contributed by atoms with Gasteiger partial charge >= 0.3 is 0 Å². The fraction of sp³-hybridized carbons (Fsp3) is 0.583. The van der Waals surface area contributed by atoms with Crippen LogP contribution in [0.2, 0.25) is 0 Å². The monoisotopic (exact) mass is 264 g/mol. The average molecular weight is 264 g/mol. The molecule has 1 fully saturated rings. The van der Waals surface area contributed by atoms with E-state index in [1.807, 2.05) is 12.3 Å². The molecule has 1 atom stereocenters. The normalized spacial score (nSPS) is 20.2. The highest BCUT2D eigenvalue weighted by Crippen LogP contribution is 2.21. The first kappa shape index (κ1) is 11.8. The molecule has 6 heteroatoms. The summed E-state index contributed by atoms with van der Waals surface area (Å²) >= 11 is 1.65. The topological polar surface area (TPSA) is 63.8 Å². The van der Waals surface area contributed by atoms with Crippen LogP contribution in [0.3, 0.4) is 0 Å². The number of hydrogen-bond acceptors (Lipinski definition) is 6. The maximum Gasteiger partial charge on any atom is 0.243 e. The molecule has 0 bridgehead atoms. The molecular formula is C12H16N4OS. The van der Waals surface area contributed by atoms with Crippen molar-refractivity contribution in [2.24, 2.45) is 0 Å². The number of piperidine rings is 1. The molecule has 0 aliphatic carbocycles. The van der Waals surface area contributed by atoms with Crippen molar-refractivity contribution < 1.29 is 4.52 Å². The number of nitrogens with one attached hydrogen (secondary N) is 1. The summed E-state index contributed by atoms with van der Waals surface area (Å²) in [5.74, 6) is 1.44. The standard InChI is InChI=1S/C12H16N4OS/c1-8-14-9(7-18-8)6-11-15-12(17-16-11)10-4-2-3-5-13-10/h7,10,13H,2-6H2,1H3. The van der Waals surface area contributed by atoms with Crippen molar-refractivity contribution in [2.45, 2.75) is 38.6 Å². The molecule has 1 N–H and O–H groups in total. The third-order valence-electron chi connectivity index (χ3n) is 3.10. The van der Waals surface area contributed by atoms with E-state index in [0.717, 1.165) is 35.4 Å². The van der Waals surface area contributed by atoms with Crippen molar-refractivity contribution in [3.8, 4) is 0 Å². The van der Waals surface area contributed by atoms with Gasteiger partial charge in [-0.25, -0.2) is 4.98 Å². The predicted octanol–water partition coefficient (Wildman–Crippen LogP) is 2.24. The van der Waals surface area contributed by atoms with Gasteiger partial charge in [-0.3, -0.25) is 0 Å². The minimum absolute atomic E-state index is 0.233. The second kappa shape index (κ2) is 5.16. The second-order valence-electron chi connectivity index (χ2n) is 4.59. The minimum atomic E-state index is 0.233. The van der Waals surface area contributed by atoms with Crippen LogP contribution in [0.4, 0.5) is 0 Å². The van der Waals surface area contributed by atoms with E-state index < -0.39 is 0 Å². The van der Waals surface area contributed by atoms with E-state index >= 15 is 0 Å². The molecule has 1 aliphatic rings. The summed E-state index contributed by atoms with van der Waals surface area (Å²) in [6.07, 6.45) is 4.19. The van der Waals surface area contributed by atoms with E-state index in [0.29, 0.717) is 6.42 Å². The molecule has 0 spiro atoms. The van der Waals surface area contributed by atoms with Gasteiger partial charge in [-0.2, -0.15) is 4.98 Å². The first-order valence-corrected chi connectivity index (χ1v) is 7.16. The van der Waals surface area contributed by atoms with E-state index in [1.165, 1.54) is 12.8 Å². The number of thiazole rings is 1. The molecule has 3 heterocycles. The fourth-order valence-electron chi connectivity index (χ4n) is 2.19. The summed E-state index contributed by atoms with van der Waals surface area (Å²) in [5.41, 5.74) is 1.02. The quantitative estimate of drug-likeness (QED) is 0.921. The van der Waals surface area contributed by atoms with Crippen LogP contribution in [0.15, 0.2) is 9.90 Å². The maximum absolute atomic E-state index is 5.34. The van der Waals surface area contributed by atoms with Crippen molar-refractivity contribution in [3.05, 3.63) is 27.8 Å². The van der Waals surface area contributed by atoms with E-state index in [4.69, 9.17) is 4.52 Å². The molecule has 18 heavy (non-hydrogen) atoms. The van der Waals surface area contributed by atoms with Crippen molar-refractivity contribution in [1.82, 2.24) is 20.4 Å². The van der Waals surface area contributed by atoms with Crippen LogP contribution < -0.4 is 5.32 Å². The van der Waals surface area contributed by atoms with Gasteiger partial charge in [0, 0.05) is 5.38 Å². The smallest absolute Gasteiger partial charge is 0.243 e. The van der Waals surface area contributed by atoms with Crippen LogP contribution in [0.5, 0.6) is 0 Å². The van der Waals surface area contributed by atoms with Gasteiger partial charge in [0.1, 0.15) is 0 Å². The van der Waals surface area contributed by atoms with E-state index in [2.05, 4.69) is 20.4 Å². The SMILES string of the molecule is Cc1nc(Cc2noc(C3CCCCN3)n2)cs1. The first-order valence-electron chi connectivity index (χ1n) is 6.28. The van der Waals surface area contributed by atoms with Gasteiger partial charge in [0.15, 0.2) is 5.82 Å². The van der Waals surface area contributed by atoms with Crippen molar-refractivity contribution in [2.75, 3.05) is 6.54 Å². The van der Waals surface area contributed by atoms with Crippen LogP contribution in [-0.2, 0) is 6.42 Å². The Bertz CT molecular complexity index is 516. The Labute approximate surface area is 110 Å². The molecule has 0 saturated carbocycles. The Kier molecular flexibility index (Phi) is 3.38. The lowest BCUT2D eigenvalue weighted by molar-refractivity contribution is 0.296. The van der Waals surface area contributed by atoms with Gasteiger partial charge in [0.05, 0.1) is 23.2 Å². The van der Waals surface area contributed by atoms with Crippen LogP contribution in [-0.4, -0.2) is 21.7 Å². The Hall–Kier alpha value is -1.27. The molecule has 2 aromatic heterocycles. The molecule has 1 aliphatic heterocycles. The highest BCUT2D eigenvalue weighted by molar-refractivity contribution is 7.09. The Balaban J connectivity index is 1.69. The molecule has 3 rings (SSSR count). The van der Waals surface area contributed by atoms with Gasteiger partial charge in [0.2, 0.25) is 5.89 Å². The number of rotatable bonds is 3. The summed E-state index contributed by atoms with van der Waals surface area (Å²) in [6.45, 7) is 3.04. The molecule has 1 saturated heterocycles. The Morgan fingerprint density at radius 2 is 2.39 bits per heavy atom. The molecule has 96 valence electrons. The minimum Gasteiger partial charge on any atom is -0.338 e. The first-order chi connectivity index (χ1) is 8.81. The summed E-state index contributed by atoms with van der Waals surface area (Å²) < 4.78 is 5.34. The molecular weight excluding hydrogens is 248 g/mol. The zero-order chi connectivity index (χ0) is 12.4. The zero-order valence-corrected chi connectivity index (χ0v) is 11.2. The molecule has 1 unspecified atom stereocenters. The van der Waals surface area contributed by atoms with E-state index in [1.54, 1.807) is 11.3 Å². The van der Waals surface area contributed by atoms with Gasteiger partial charge in [-0.1, -0.05) is 11.6 Å². The van der Waals surface area contributed by atoms with Crippen LogP contribution in [0, 0.1) is 6.92 Å². The number of nitrogens with zero attached hydrogens (tertiary/aromatic N) is 3. The van der Waals surface area contributed by atoms with Gasteiger partial charge in [-0.05, 0) is 26.3 Å². The van der Waals surface area contributed by atoms with Gasteiger partial charge in [0.25, 0.3) is 0 Å². The largest absolute Gasteiger partial charge is 0.338 e. The highest BCUT2D eigenvalue weighted by Gasteiger charge is 2.21. The van der Waals surface area contributed by atoms with Crippen LogP contribution in [0.1, 0.15) is 47.7 Å². The Morgan fingerprint density at radius 1 is 1.44 bits per heavy atom. The fourth-order valence-corrected chi connectivity index (χ4v) is 2.81. The second-order valence-corrected chi connectivity index (χ2v) is 5.65. The van der Waals surface area contributed by atoms with Gasteiger partial charge < -0.3 is 9.84 Å². The maximum atomic E-state index is 5.34. The van der Waals surface area contributed by atoms with Crippen LogP contribution >= 0.6 is 11.3 Å². The van der Waals surface area contributed by atoms with Crippen LogP contribution in [0.25, 0.3) is 0 Å². The predicted molar refractivity (Wildman–Crippen MR) is 68.5 cm³/mol. The summed E-state index contributed by atoms with van der Waals surface area (Å²) in [4.78, 5) is 8.87. The average Bonchev–Trinajstić information content (AvgIpc) is 3.01.